The van der Waals surface area contributed by atoms with Crippen molar-refractivity contribution >= 4 is 12.5 Å². The number of aromatic nitrogens is 1. The van der Waals surface area contributed by atoms with Gasteiger partial charge in [-0.2, -0.15) is 0 Å². The zero-order chi connectivity index (χ0) is 9.26. The van der Waals surface area contributed by atoms with Crippen LogP contribution in [0.4, 0.5) is 5.82 Å². The summed E-state index contributed by atoms with van der Waals surface area (Å²) in [5, 5.41) is 0. The van der Waals surface area contributed by atoms with E-state index >= 15 is 0 Å². The van der Waals surface area contributed by atoms with E-state index in [-0.39, 0.29) is 0 Å². The maximum Gasteiger partial charge on any atom is 0.325 e. The standard InChI is InChI=1S/C11H15N2/c1-12-11-10-6-4-3-5-9(10)7-8-13(11)2/h7-8H,1,3-6H2,2H3/q+1. The molecule has 0 aromatic carbocycles. The third kappa shape index (κ3) is 1.37. The average Bonchev–Trinajstić information content (AvgIpc) is 2.18. The van der Waals surface area contributed by atoms with Crippen molar-refractivity contribution in [3.63, 3.8) is 0 Å². The van der Waals surface area contributed by atoms with Crippen molar-refractivity contribution in [3.05, 3.63) is 23.4 Å². The number of fused-ring (bicyclic) bond motifs is 1. The number of aliphatic imine (C=N–C) groups is 1. The van der Waals surface area contributed by atoms with Crippen molar-refractivity contribution in [2.24, 2.45) is 12.0 Å². The fourth-order valence-corrected chi connectivity index (χ4v) is 2.06. The largest absolute Gasteiger partial charge is 0.325 e. The molecule has 2 nitrogen and oxygen atoms in total. The maximum absolute atomic E-state index is 4.10. The third-order valence-electron chi connectivity index (χ3n) is 2.76. The van der Waals surface area contributed by atoms with Gasteiger partial charge in [-0.05, 0) is 37.3 Å². The molecule has 0 aliphatic heterocycles. The number of pyridine rings is 1. The van der Waals surface area contributed by atoms with Crippen molar-refractivity contribution in [1.29, 1.82) is 0 Å². The molecule has 1 heterocycles. The number of hydrogen-bond acceptors (Lipinski definition) is 1. The molecular formula is C11H15N2+. The molecule has 2 rings (SSSR count). The number of hydrogen-bond donors (Lipinski definition) is 0. The van der Waals surface area contributed by atoms with Gasteiger partial charge in [-0.15, -0.1) is 0 Å². The van der Waals surface area contributed by atoms with Gasteiger partial charge in [0.15, 0.2) is 0 Å². The van der Waals surface area contributed by atoms with E-state index in [1.54, 1.807) is 0 Å². The van der Waals surface area contributed by atoms with Gasteiger partial charge in [0.25, 0.3) is 0 Å². The summed E-state index contributed by atoms with van der Waals surface area (Å²) < 4.78 is 2.05. The summed E-state index contributed by atoms with van der Waals surface area (Å²) in [5.74, 6) is 1.05. The van der Waals surface area contributed by atoms with E-state index < -0.39 is 0 Å². The second kappa shape index (κ2) is 3.29. The van der Waals surface area contributed by atoms with Gasteiger partial charge >= 0.3 is 5.82 Å². The van der Waals surface area contributed by atoms with Crippen molar-refractivity contribution in [2.75, 3.05) is 0 Å². The molecule has 13 heavy (non-hydrogen) atoms. The van der Waals surface area contributed by atoms with Gasteiger partial charge in [-0.25, -0.2) is 4.57 Å². The van der Waals surface area contributed by atoms with E-state index in [0.29, 0.717) is 0 Å². The Kier molecular flexibility index (Phi) is 2.13. The Bertz CT molecular complexity index is 342. The molecule has 2 heteroatoms. The fourth-order valence-electron chi connectivity index (χ4n) is 2.06. The zero-order valence-corrected chi connectivity index (χ0v) is 8.08. The zero-order valence-electron chi connectivity index (χ0n) is 8.08. The van der Waals surface area contributed by atoms with Crippen molar-refractivity contribution < 1.29 is 4.57 Å². The molecule has 1 aliphatic rings. The predicted molar refractivity (Wildman–Crippen MR) is 53.5 cm³/mol. The summed E-state index contributed by atoms with van der Waals surface area (Å²) in [4.78, 5) is 4.10. The summed E-state index contributed by atoms with van der Waals surface area (Å²) in [6.07, 6.45) is 7.06. The van der Waals surface area contributed by atoms with E-state index in [4.69, 9.17) is 0 Å². The Morgan fingerprint density at radius 3 is 2.92 bits per heavy atom. The average molecular weight is 175 g/mol. The van der Waals surface area contributed by atoms with Crippen LogP contribution in [0.15, 0.2) is 17.3 Å². The van der Waals surface area contributed by atoms with Crippen LogP contribution in [0.25, 0.3) is 0 Å². The fraction of sp³-hybridized carbons (Fsp3) is 0.455. The van der Waals surface area contributed by atoms with Gasteiger partial charge in [-0.1, -0.05) is 4.99 Å². The van der Waals surface area contributed by atoms with E-state index in [2.05, 4.69) is 28.5 Å². The Labute approximate surface area is 78.9 Å². The molecular weight excluding hydrogens is 160 g/mol. The highest BCUT2D eigenvalue weighted by Crippen LogP contribution is 2.26. The van der Waals surface area contributed by atoms with Crippen LogP contribution in [0.5, 0.6) is 0 Å². The van der Waals surface area contributed by atoms with Crippen LogP contribution in [0.3, 0.4) is 0 Å². The quantitative estimate of drug-likeness (QED) is 0.456. The topological polar surface area (TPSA) is 16.2 Å². The molecule has 0 fully saturated rings. The van der Waals surface area contributed by atoms with Gasteiger partial charge in [0.1, 0.15) is 6.72 Å². The molecule has 0 unspecified atom stereocenters. The minimum Gasteiger partial charge on any atom is -0.233 e. The van der Waals surface area contributed by atoms with Crippen LogP contribution in [-0.2, 0) is 19.9 Å². The molecule has 1 aliphatic carbocycles. The Balaban J connectivity index is 2.58. The highest BCUT2D eigenvalue weighted by atomic mass is 15.0. The smallest absolute Gasteiger partial charge is 0.233 e. The van der Waals surface area contributed by atoms with E-state index in [1.807, 2.05) is 7.05 Å². The molecule has 0 amide bonds. The van der Waals surface area contributed by atoms with E-state index in [0.717, 1.165) is 5.82 Å². The van der Waals surface area contributed by atoms with Gasteiger partial charge in [0.05, 0.1) is 13.2 Å². The molecule has 0 radical (unpaired) electrons. The lowest BCUT2D eigenvalue weighted by Crippen LogP contribution is -2.30. The molecule has 0 N–H and O–H groups in total. The van der Waals surface area contributed by atoms with Crippen LogP contribution < -0.4 is 4.57 Å². The van der Waals surface area contributed by atoms with Gasteiger partial charge in [0.2, 0.25) is 0 Å². The normalized spacial score (nSPS) is 15.2. The second-order valence-corrected chi connectivity index (χ2v) is 3.62. The summed E-state index contributed by atoms with van der Waals surface area (Å²) in [7, 11) is 2.03. The summed E-state index contributed by atoms with van der Waals surface area (Å²) in [6, 6.07) is 2.21. The molecule has 0 atom stereocenters. The third-order valence-corrected chi connectivity index (χ3v) is 2.76. The first-order chi connectivity index (χ1) is 6.33. The van der Waals surface area contributed by atoms with Crippen molar-refractivity contribution in [3.8, 4) is 0 Å². The Hall–Kier alpha value is -1.18. The summed E-state index contributed by atoms with van der Waals surface area (Å²) in [6.45, 7) is 3.63. The van der Waals surface area contributed by atoms with Crippen LogP contribution in [0, 0.1) is 0 Å². The first-order valence-electron chi connectivity index (χ1n) is 4.80. The lowest BCUT2D eigenvalue weighted by Gasteiger charge is -2.14. The SMILES string of the molecule is C=Nc1c2c(cc[n+]1C)CCCC2. The maximum atomic E-state index is 4.10. The van der Waals surface area contributed by atoms with Crippen LogP contribution in [0.1, 0.15) is 24.0 Å². The molecule has 1 aromatic rings. The number of aryl methyl sites for hydroxylation is 2. The lowest BCUT2D eigenvalue weighted by molar-refractivity contribution is -0.658. The predicted octanol–water partition coefficient (Wildman–Crippen LogP) is 1.72. The second-order valence-electron chi connectivity index (χ2n) is 3.62. The first kappa shape index (κ1) is 8.42. The summed E-state index contributed by atoms with van der Waals surface area (Å²) in [5.41, 5.74) is 2.87. The highest BCUT2D eigenvalue weighted by Gasteiger charge is 2.19. The minimum atomic E-state index is 1.05. The van der Waals surface area contributed by atoms with Crippen LogP contribution in [0.2, 0.25) is 0 Å². The van der Waals surface area contributed by atoms with Gasteiger partial charge < -0.3 is 0 Å². The van der Waals surface area contributed by atoms with E-state index in [9.17, 15) is 0 Å². The van der Waals surface area contributed by atoms with Crippen molar-refractivity contribution in [1.82, 2.24) is 0 Å². The minimum absolute atomic E-state index is 1.05. The van der Waals surface area contributed by atoms with E-state index in [1.165, 1.54) is 36.8 Å². The highest BCUT2D eigenvalue weighted by molar-refractivity contribution is 5.46. The van der Waals surface area contributed by atoms with Gasteiger partial charge in [-0.3, -0.25) is 0 Å². The lowest BCUT2D eigenvalue weighted by atomic mass is 9.92. The summed E-state index contributed by atoms with van der Waals surface area (Å²) >= 11 is 0. The van der Waals surface area contributed by atoms with Crippen molar-refractivity contribution in [2.45, 2.75) is 25.7 Å². The Morgan fingerprint density at radius 1 is 1.38 bits per heavy atom. The monoisotopic (exact) mass is 175 g/mol. The molecule has 0 saturated heterocycles. The molecule has 0 bridgehead atoms. The molecule has 0 saturated carbocycles. The van der Waals surface area contributed by atoms with Crippen LogP contribution >= 0.6 is 0 Å². The van der Waals surface area contributed by atoms with Crippen LogP contribution in [-0.4, -0.2) is 6.72 Å². The first-order valence-corrected chi connectivity index (χ1v) is 4.80. The Morgan fingerprint density at radius 2 is 2.15 bits per heavy atom. The van der Waals surface area contributed by atoms with Gasteiger partial charge in [0, 0.05) is 5.56 Å². The molecule has 0 spiro atoms. The molecule has 68 valence electrons. The number of rotatable bonds is 1. The molecule has 1 aromatic heterocycles. The number of nitrogens with zero attached hydrogens (tertiary/aromatic N) is 2.